The zero-order valence-electron chi connectivity index (χ0n) is 20.0. The van der Waals surface area contributed by atoms with Gasteiger partial charge in [-0.2, -0.15) is 0 Å². The van der Waals surface area contributed by atoms with Gasteiger partial charge in [0.25, 0.3) is 0 Å². The van der Waals surface area contributed by atoms with Crippen molar-refractivity contribution in [3.63, 3.8) is 0 Å². The molecule has 4 rings (SSSR count). The van der Waals surface area contributed by atoms with E-state index in [1.807, 2.05) is 66.7 Å². The highest BCUT2D eigenvalue weighted by atomic mass is 16.4. The molecule has 0 spiro atoms. The standard InChI is InChI=1S/C31H27N3O2/c1-2-28(23-7-4-3-5-8-23)31(24-13-10-22(11-14-24)12-17-30(35)36)25-15-16-29(26(19-25)20-32)34-27-9-6-18-33-21-27/h3-21,32,34H,2H2,1H3,(H,35,36)/b17-12+,31-28+,32-20?. The van der Waals surface area contributed by atoms with Crippen molar-refractivity contribution in [1.82, 2.24) is 4.98 Å². The van der Waals surface area contributed by atoms with Gasteiger partial charge in [0.15, 0.2) is 0 Å². The van der Waals surface area contributed by atoms with E-state index in [1.54, 1.807) is 18.5 Å². The smallest absolute Gasteiger partial charge is 0.328 e. The van der Waals surface area contributed by atoms with E-state index in [1.165, 1.54) is 11.8 Å². The number of nitrogens with zero attached hydrogens (tertiary/aromatic N) is 1. The molecule has 36 heavy (non-hydrogen) atoms. The Labute approximate surface area is 211 Å². The van der Waals surface area contributed by atoms with Crippen molar-refractivity contribution in [1.29, 1.82) is 5.41 Å². The molecule has 0 bridgehead atoms. The average molecular weight is 474 g/mol. The van der Waals surface area contributed by atoms with Crippen LogP contribution in [0.15, 0.2) is 103 Å². The quantitative estimate of drug-likeness (QED) is 0.135. The molecular formula is C31H27N3O2. The zero-order chi connectivity index (χ0) is 25.3. The van der Waals surface area contributed by atoms with Crippen molar-refractivity contribution in [2.24, 2.45) is 0 Å². The number of anilines is 2. The Bertz CT molecular complexity index is 1410. The Morgan fingerprint density at radius 2 is 1.69 bits per heavy atom. The van der Waals surface area contributed by atoms with E-state index in [0.717, 1.165) is 57.3 Å². The van der Waals surface area contributed by atoms with Crippen molar-refractivity contribution in [2.75, 3.05) is 5.32 Å². The van der Waals surface area contributed by atoms with Gasteiger partial charge in [0.1, 0.15) is 0 Å². The number of pyridine rings is 1. The molecule has 0 amide bonds. The molecule has 178 valence electrons. The van der Waals surface area contributed by atoms with Crippen LogP contribution in [0.3, 0.4) is 0 Å². The van der Waals surface area contributed by atoms with Gasteiger partial charge in [0, 0.05) is 29.7 Å². The monoisotopic (exact) mass is 473 g/mol. The second kappa shape index (κ2) is 11.6. The number of benzene rings is 3. The Kier molecular flexibility index (Phi) is 7.83. The molecule has 0 radical (unpaired) electrons. The third-order valence-corrected chi connectivity index (χ3v) is 5.83. The third-order valence-electron chi connectivity index (χ3n) is 5.83. The number of aliphatic carboxylic acids is 1. The van der Waals surface area contributed by atoms with Gasteiger partial charge in [-0.25, -0.2) is 4.79 Å². The van der Waals surface area contributed by atoms with E-state index in [9.17, 15) is 4.79 Å². The Hall–Kier alpha value is -4.77. The van der Waals surface area contributed by atoms with E-state index in [4.69, 9.17) is 10.5 Å². The van der Waals surface area contributed by atoms with Crippen LogP contribution in [0.25, 0.3) is 17.2 Å². The van der Waals surface area contributed by atoms with Crippen molar-refractivity contribution in [3.8, 4) is 0 Å². The highest BCUT2D eigenvalue weighted by molar-refractivity contribution is 6.00. The fraction of sp³-hybridized carbons (Fsp3) is 0.0645. The molecule has 3 aromatic carbocycles. The molecule has 0 saturated heterocycles. The van der Waals surface area contributed by atoms with Crippen LogP contribution in [-0.2, 0) is 4.79 Å². The molecule has 0 unspecified atom stereocenters. The molecule has 5 nitrogen and oxygen atoms in total. The van der Waals surface area contributed by atoms with Crippen LogP contribution in [0.1, 0.15) is 41.2 Å². The minimum atomic E-state index is -0.976. The summed E-state index contributed by atoms with van der Waals surface area (Å²) in [4.78, 5) is 15.1. The van der Waals surface area contributed by atoms with Crippen molar-refractivity contribution < 1.29 is 9.90 Å². The molecular weight excluding hydrogens is 446 g/mol. The summed E-state index contributed by atoms with van der Waals surface area (Å²) in [5.41, 5.74) is 8.68. The van der Waals surface area contributed by atoms with Gasteiger partial charge in [0.05, 0.1) is 11.9 Å². The number of rotatable bonds is 9. The minimum absolute atomic E-state index is 0.762. The molecule has 5 heteroatoms. The summed E-state index contributed by atoms with van der Waals surface area (Å²) in [5, 5.41) is 20.4. The number of hydrogen-bond donors (Lipinski definition) is 3. The predicted molar refractivity (Wildman–Crippen MR) is 148 cm³/mol. The van der Waals surface area contributed by atoms with Gasteiger partial charge in [0.2, 0.25) is 0 Å². The van der Waals surface area contributed by atoms with E-state index >= 15 is 0 Å². The fourth-order valence-corrected chi connectivity index (χ4v) is 4.15. The summed E-state index contributed by atoms with van der Waals surface area (Å²) < 4.78 is 0. The first kappa shape index (κ1) is 24.4. The fourth-order valence-electron chi connectivity index (χ4n) is 4.15. The molecule has 0 aliphatic rings. The molecule has 4 aromatic rings. The second-order valence-corrected chi connectivity index (χ2v) is 8.18. The Morgan fingerprint density at radius 3 is 2.33 bits per heavy atom. The number of carboxylic acids is 1. The van der Waals surface area contributed by atoms with E-state index in [-0.39, 0.29) is 0 Å². The molecule has 1 heterocycles. The molecule has 0 fully saturated rings. The van der Waals surface area contributed by atoms with Crippen LogP contribution in [0, 0.1) is 5.41 Å². The molecule has 0 aliphatic heterocycles. The summed E-state index contributed by atoms with van der Waals surface area (Å²) >= 11 is 0. The van der Waals surface area contributed by atoms with E-state index in [0.29, 0.717) is 0 Å². The first-order valence-corrected chi connectivity index (χ1v) is 11.7. The third kappa shape index (κ3) is 5.83. The van der Waals surface area contributed by atoms with Crippen molar-refractivity contribution in [2.45, 2.75) is 13.3 Å². The van der Waals surface area contributed by atoms with Gasteiger partial charge in [-0.15, -0.1) is 0 Å². The van der Waals surface area contributed by atoms with Gasteiger partial charge in [-0.1, -0.05) is 67.6 Å². The predicted octanol–water partition coefficient (Wildman–Crippen LogP) is 7.29. The molecule has 0 aliphatic carbocycles. The van der Waals surface area contributed by atoms with Crippen LogP contribution in [-0.4, -0.2) is 22.3 Å². The summed E-state index contributed by atoms with van der Waals surface area (Å²) in [7, 11) is 0. The summed E-state index contributed by atoms with van der Waals surface area (Å²) in [6.07, 6.45) is 8.36. The second-order valence-electron chi connectivity index (χ2n) is 8.18. The highest BCUT2D eigenvalue weighted by Gasteiger charge is 2.15. The largest absolute Gasteiger partial charge is 0.478 e. The summed E-state index contributed by atoms with van der Waals surface area (Å²) in [6.45, 7) is 2.14. The van der Waals surface area contributed by atoms with Gasteiger partial charge in [-0.3, -0.25) is 4.98 Å². The molecule has 1 aromatic heterocycles. The molecule has 0 saturated carbocycles. The Morgan fingerprint density at radius 1 is 0.944 bits per heavy atom. The molecule has 3 N–H and O–H groups in total. The van der Waals surface area contributed by atoms with E-state index in [2.05, 4.69) is 35.4 Å². The maximum Gasteiger partial charge on any atom is 0.328 e. The maximum atomic E-state index is 10.9. The van der Waals surface area contributed by atoms with Gasteiger partial charge < -0.3 is 15.8 Å². The number of allylic oxidation sites excluding steroid dienone is 1. The normalized spacial score (nSPS) is 11.7. The lowest BCUT2D eigenvalue weighted by Crippen LogP contribution is -2.00. The SMILES string of the molecule is CC/C(=C(/c1ccc(/C=C/C(=O)O)cc1)c1ccc(Nc2cccnc2)c(C=N)c1)c1ccccc1. The van der Waals surface area contributed by atoms with Crippen LogP contribution in [0.4, 0.5) is 11.4 Å². The van der Waals surface area contributed by atoms with Crippen LogP contribution in [0.2, 0.25) is 0 Å². The van der Waals surface area contributed by atoms with Crippen LogP contribution >= 0.6 is 0 Å². The van der Waals surface area contributed by atoms with Crippen LogP contribution < -0.4 is 5.32 Å². The number of carbonyl (C=O) groups is 1. The van der Waals surface area contributed by atoms with Crippen molar-refractivity contribution >= 4 is 40.8 Å². The number of aromatic nitrogens is 1. The molecule has 0 atom stereocenters. The lowest BCUT2D eigenvalue weighted by Gasteiger charge is -2.18. The average Bonchev–Trinajstić information content (AvgIpc) is 2.92. The van der Waals surface area contributed by atoms with Gasteiger partial charge in [-0.05, 0) is 70.2 Å². The number of nitrogens with one attached hydrogen (secondary N) is 2. The zero-order valence-corrected chi connectivity index (χ0v) is 20.0. The van der Waals surface area contributed by atoms with Crippen LogP contribution in [0.5, 0.6) is 0 Å². The van der Waals surface area contributed by atoms with Gasteiger partial charge >= 0.3 is 5.97 Å². The lowest BCUT2D eigenvalue weighted by atomic mass is 9.87. The van der Waals surface area contributed by atoms with Crippen molar-refractivity contribution in [3.05, 3.63) is 131 Å². The number of hydrogen-bond acceptors (Lipinski definition) is 4. The number of carboxylic acid groups (broad SMARTS) is 1. The maximum absolute atomic E-state index is 10.9. The highest BCUT2D eigenvalue weighted by Crippen LogP contribution is 2.36. The topological polar surface area (TPSA) is 86.1 Å². The first-order chi connectivity index (χ1) is 17.6. The first-order valence-electron chi connectivity index (χ1n) is 11.7. The minimum Gasteiger partial charge on any atom is -0.478 e. The lowest BCUT2D eigenvalue weighted by molar-refractivity contribution is -0.131. The van der Waals surface area contributed by atoms with E-state index < -0.39 is 5.97 Å². The Balaban J connectivity index is 1.84. The summed E-state index contributed by atoms with van der Waals surface area (Å²) in [6, 6.07) is 28.0. The summed E-state index contributed by atoms with van der Waals surface area (Å²) in [5.74, 6) is -0.976.